The van der Waals surface area contributed by atoms with Crippen molar-refractivity contribution in [2.24, 2.45) is 11.8 Å². The maximum atomic E-state index is 4.76. The third kappa shape index (κ3) is 11.7. The Morgan fingerprint density at radius 2 is 1.05 bits per heavy atom. The molecule has 64 heavy (non-hydrogen) atoms. The molecule has 0 radical (unpaired) electrons. The highest BCUT2D eigenvalue weighted by Crippen LogP contribution is 2.44. The molecule has 0 saturated carbocycles. The Bertz CT molecular complexity index is 2810. The van der Waals surface area contributed by atoms with Crippen molar-refractivity contribution in [1.29, 1.82) is 0 Å². The third-order valence-corrected chi connectivity index (χ3v) is 15.3. The molecule has 3 heterocycles. The quantitative estimate of drug-likeness (QED) is 0.102. The minimum absolute atomic E-state index is 0.845. The van der Waals surface area contributed by atoms with Gasteiger partial charge in [-0.15, -0.1) is 22.7 Å². The second-order valence-electron chi connectivity index (χ2n) is 18.0. The number of thiophene rings is 2. The highest BCUT2D eigenvalue weighted by Gasteiger charge is 2.19. The molecular formula is C59H64N2S3. The van der Waals surface area contributed by atoms with E-state index in [1.165, 1.54) is 131 Å². The maximum Gasteiger partial charge on any atom is 0.114 e. The van der Waals surface area contributed by atoms with Gasteiger partial charge in [0.1, 0.15) is 11.0 Å². The predicted octanol–water partition coefficient (Wildman–Crippen LogP) is 18.9. The van der Waals surface area contributed by atoms with Gasteiger partial charge in [-0.2, -0.15) is 8.75 Å². The smallest absolute Gasteiger partial charge is 0.114 e. The molecule has 0 spiro atoms. The molecule has 8 rings (SSSR count). The van der Waals surface area contributed by atoms with E-state index in [-0.39, 0.29) is 0 Å². The zero-order chi connectivity index (χ0) is 45.2. The summed E-state index contributed by atoms with van der Waals surface area (Å²) < 4.78 is 9.51. The van der Waals surface area contributed by atoms with Gasteiger partial charge in [0.2, 0.25) is 0 Å². The number of allylic oxidation sites excluding steroid dienone is 2. The fraction of sp³-hybridized carbons (Fsp3) is 0.288. The molecule has 5 heteroatoms. The monoisotopic (exact) mass is 896 g/mol. The summed E-state index contributed by atoms with van der Waals surface area (Å²) in [7, 11) is 0. The summed E-state index contributed by atoms with van der Waals surface area (Å²) in [4.78, 5) is 5.09. The van der Waals surface area contributed by atoms with Crippen molar-refractivity contribution in [1.82, 2.24) is 8.75 Å². The summed E-state index contributed by atoms with van der Waals surface area (Å²) in [6, 6.07) is 42.5. The lowest BCUT2D eigenvalue weighted by molar-refractivity contribution is 0.427. The fourth-order valence-corrected chi connectivity index (χ4v) is 11.5. The van der Waals surface area contributed by atoms with E-state index >= 15 is 0 Å². The molecule has 2 nitrogen and oxygen atoms in total. The van der Waals surface area contributed by atoms with Gasteiger partial charge < -0.3 is 0 Å². The highest BCUT2D eigenvalue weighted by atomic mass is 32.1. The third-order valence-electron chi connectivity index (χ3n) is 12.1. The van der Waals surface area contributed by atoms with Crippen LogP contribution in [0.2, 0.25) is 0 Å². The van der Waals surface area contributed by atoms with Gasteiger partial charge in [-0.3, -0.25) is 0 Å². The number of hydrogen-bond donors (Lipinski definition) is 0. The summed E-state index contributed by atoms with van der Waals surface area (Å²) in [5.41, 5.74) is 18.6. The van der Waals surface area contributed by atoms with Crippen LogP contribution in [-0.4, -0.2) is 8.75 Å². The molecular weight excluding hydrogens is 833 g/mol. The zero-order valence-electron chi connectivity index (χ0n) is 39.3. The minimum atomic E-state index is 0.845. The average molecular weight is 897 g/mol. The number of aromatic nitrogens is 2. The molecule has 1 atom stereocenters. The maximum absolute atomic E-state index is 4.76. The Morgan fingerprint density at radius 3 is 1.61 bits per heavy atom. The number of rotatable bonds is 15. The van der Waals surface area contributed by atoms with Crippen LogP contribution >= 0.6 is 34.4 Å². The van der Waals surface area contributed by atoms with Crippen LogP contribution < -0.4 is 0 Å². The SMILES string of the molecule is CC=Cc1ccc(-c2sc(-c3ccc(-c4cc(C)c(-c5ccc(C)cc5)s4)c4nsnc34)cc2C)cc1.CC=Cc1ccc(C)cc1-c1ccc(CCCC(C)CCCC(C)C)cc1. The number of benzene rings is 5. The predicted molar refractivity (Wildman–Crippen MR) is 286 cm³/mol. The summed E-state index contributed by atoms with van der Waals surface area (Å²) in [6.45, 7) is 19.9. The molecule has 0 aliphatic heterocycles. The summed E-state index contributed by atoms with van der Waals surface area (Å²) in [6.07, 6.45) is 16.5. The van der Waals surface area contributed by atoms with Gasteiger partial charge in [0.05, 0.1) is 11.7 Å². The highest BCUT2D eigenvalue weighted by molar-refractivity contribution is 7.19. The van der Waals surface area contributed by atoms with Crippen molar-refractivity contribution < 1.29 is 0 Å². The van der Waals surface area contributed by atoms with Crippen LogP contribution in [0.4, 0.5) is 0 Å². The van der Waals surface area contributed by atoms with Crippen LogP contribution in [0.1, 0.15) is 106 Å². The van der Waals surface area contributed by atoms with E-state index in [9.17, 15) is 0 Å². The van der Waals surface area contributed by atoms with Gasteiger partial charge in [-0.1, -0.05) is 185 Å². The number of aryl methyl sites for hydroxylation is 5. The van der Waals surface area contributed by atoms with Gasteiger partial charge in [-0.25, -0.2) is 0 Å². The molecule has 0 saturated heterocycles. The topological polar surface area (TPSA) is 25.8 Å². The van der Waals surface area contributed by atoms with Crippen LogP contribution in [0.3, 0.4) is 0 Å². The lowest BCUT2D eigenvalue weighted by Crippen LogP contribution is -1.98. The van der Waals surface area contributed by atoms with Crippen LogP contribution in [-0.2, 0) is 6.42 Å². The van der Waals surface area contributed by atoms with E-state index in [0.717, 1.165) is 34.0 Å². The van der Waals surface area contributed by atoms with Gasteiger partial charge in [-0.05, 0) is 128 Å². The fourth-order valence-electron chi connectivity index (χ4n) is 8.48. The Balaban J connectivity index is 0.000000202. The molecule has 0 aliphatic carbocycles. The molecule has 5 aromatic carbocycles. The van der Waals surface area contributed by atoms with E-state index in [1.807, 2.05) is 29.6 Å². The van der Waals surface area contributed by atoms with Gasteiger partial charge in [0.25, 0.3) is 0 Å². The standard InChI is InChI=1S/C32H26N2S3.C27H38/c1-5-6-22-9-13-24(14-10-22)32-21(4)18-28(36-32)26-16-15-25(29-30(26)34-37-33-29)27-17-20(3)31(35-27)23-11-7-19(2)8-12-23;1-6-9-25-17-14-23(5)20-27(25)26-18-15-24(16-19-26)13-8-12-22(4)11-7-10-21(2)3/h5-18H,1-4H3;6,9,14-22H,7-8,10-13H2,1-5H3. The first kappa shape index (κ1) is 46.8. The molecule has 0 bridgehead atoms. The van der Waals surface area contributed by atoms with Crippen molar-refractivity contribution in [3.63, 3.8) is 0 Å². The molecule has 0 aliphatic rings. The normalized spacial score (nSPS) is 12.2. The number of nitrogens with zero attached hydrogens (tertiary/aromatic N) is 2. The molecule has 3 aromatic heterocycles. The molecule has 1 unspecified atom stereocenters. The van der Waals surface area contributed by atoms with E-state index in [1.54, 1.807) is 0 Å². The average Bonchev–Trinajstić information content (AvgIpc) is 4.04. The Kier molecular flexibility index (Phi) is 16.2. The summed E-state index contributed by atoms with van der Waals surface area (Å²) >= 11 is 4.96. The van der Waals surface area contributed by atoms with Crippen molar-refractivity contribution in [3.05, 3.63) is 166 Å². The zero-order valence-corrected chi connectivity index (χ0v) is 41.7. The first-order valence-corrected chi connectivity index (χ1v) is 25.5. The first-order valence-electron chi connectivity index (χ1n) is 23.1. The Morgan fingerprint density at radius 1 is 0.516 bits per heavy atom. The van der Waals surface area contributed by atoms with Gasteiger partial charge >= 0.3 is 0 Å². The number of fused-ring (bicyclic) bond motifs is 1. The van der Waals surface area contributed by atoms with Crippen LogP contribution in [0.15, 0.2) is 127 Å². The van der Waals surface area contributed by atoms with Gasteiger partial charge in [0.15, 0.2) is 0 Å². The molecule has 328 valence electrons. The first-order chi connectivity index (χ1) is 31.0. The molecule has 0 N–H and O–H groups in total. The van der Waals surface area contributed by atoms with Gasteiger partial charge in [0, 0.05) is 30.6 Å². The van der Waals surface area contributed by atoms with E-state index in [4.69, 9.17) is 8.75 Å². The van der Waals surface area contributed by atoms with Crippen molar-refractivity contribution >= 4 is 57.6 Å². The van der Waals surface area contributed by atoms with Crippen LogP contribution in [0, 0.1) is 39.5 Å². The second kappa shape index (κ2) is 22.1. The van der Waals surface area contributed by atoms with Crippen LogP contribution in [0.25, 0.3) is 76.1 Å². The second-order valence-corrected chi connectivity index (χ2v) is 20.6. The molecule has 8 aromatic rings. The van der Waals surface area contributed by atoms with E-state index < -0.39 is 0 Å². The lowest BCUT2D eigenvalue weighted by atomic mass is 9.93. The van der Waals surface area contributed by atoms with Crippen molar-refractivity contribution in [3.8, 4) is 52.9 Å². The lowest BCUT2D eigenvalue weighted by Gasteiger charge is -2.12. The largest absolute Gasteiger partial charge is 0.172 e. The van der Waals surface area contributed by atoms with E-state index in [0.29, 0.717) is 0 Å². The minimum Gasteiger partial charge on any atom is -0.172 e. The van der Waals surface area contributed by atoms with Crippen molar-refractivity contribution in [2.75, 3.05) is 0 Å². The van der Waals surface area contributed by atoms with Crippen molar-refractivity contribution in [2.45, 2.75) is 101 Å². The Labute approximate surface area is 395 Å². The Hall–Kier alpha value is -5.20. The molecule has 0 amide bonds. The molecule has 0 fully saturated rings. The summed E-state index contributed by atoms with van der Waals surface area (Å²) in [5.74, 6) is 1.70. The number of hydrogen-bond acceptors (Lipinski definition) is 5. The van der Waals surface area contributed by atoms with E-state index in [2.05, 4.69) is 195 Å². The van der Waals surface area contributed by atoms with Crippen LogP contribution in [0.5, 0.6) is 0 Å². The summed E-state index contributed by atoms with van der Waals surface area (Å²) in [5, 5.41) is 0.